The highest BCUT2D eigenvalue weighted by Crippen LogP contribution is 2.44. The van der Waals surface area contributed by atoms with Gasteiger partial charge in [0.25, 0.3) is 0 Å². The molecule has 0 aliphatic heterocycles. The van der Waals surface area contributed by atoms with E-state index in [1.165, 1.54) is 37.7 Å². The minimum atomic E-state index is 0.485. The summed E-state index contributed by atoms with van der Waals surface area (Å²) in [7, 11) is 3.47. The topological polar surface area (TPSA) is 18.5 Å². The number of rotatable bonds is 3. The summed E-state index contributed by atoms with van der Waals surface area (Å²) in [4.78, 5) is 0.519. The van der Waals surface area contributed by atoms with E-state index in [1.54, 1.807) is 14.2 Å². The van der Waals surface area contributed by atoms with Crippen molar-refractivity contribution in [1.82, 2.24) is 0 Å². The lowest BCUT2D eigenvalue weighted by Gasteiger charge is -2.24. The van der Waals surface area contributed by atoms with Crippen molar-refractivity contribution in [2.24, 2.45) is 0 Å². The summed E-state index contributed by atoms with van der Waals surface area (Å²) in [5.74, 6) is 2.38. The Morgan fingerprint density at radius 1 is 1.00 bits per heavy atom. The van der Waals surface area contributed by atoms with Crippen LogP contribution >= 0.6 is 15.9 Å². The molecule has 100 valence electrons. The molecule has 1 fully saturated rings. The van der Waals surface area contributed by atoms with Gasteiger partial charge in [-0.25, -0.2) is 0 Å². The molecule has 2 nitrogen and oxygen atoms in total. The van der Waals surface area contributed by atoms with Gasteiger partial charge in [0.2, 0.25) is 0 Å². The van der Waals surface area contributed by atoms with E-state index in [9.17, 15) is 0 Å². The molecule has 0 saturated heterocycles. The number of halogens is 1. The van der Waals surface area contributed by atoms with Crippen molar-refractivity contribution < 1.29 is 9.47 Å². The van der Waals surface area contributed by atoms with Crippen LogP contribution in [0.5, 0.6) is 11.5 Å². The Hall–Kier alpha value is -0.700. The first-order chi connectivity index (χ1) is 8.77. The largest absolute Gasteiger partial charge is 0.496 e. The van der Waals surface area contributed by atoms with Gasteiger partial charge >= 0.3 is 0 Å². The molecule has 1 aliphatic rings. The summed E-state index contributed by atoms with van der Waals surface area (Å²) in [6.45, 7) is 0. The van der Waals surface area contributed by atoms with Crippen LogP contribution in [0, 0.1) is 0 Å². The van der Waals surface area contributed by atoms with Gasteiger partial charge in [-0.3, -0.25) is 0 Å². The van der Waals surface area contributed by atoms with Crippen LogP contribution < -0.4 is 9.47 Å². The number of ether oxygens (including phenoxy) is 2. The van der Waals surface area contributed by atoms with E-state index in [4.69, 9.17) is 9.47 Å². The molecular formula is C15H21BrO2. The molecule has 3 heteroatoms. The fourth-order valence-electron chi connectivity index (χ4n) is 2.83. The first kappa shape index (κ1) is 13.7. The molecule has 1 aliphatic carbocycles. The molecule has 0 bridgehead atoms. The van der Waals surface area contributed by atoms with E-state index in [0.717, 1.165) is 11.5 Å². The smallest absolute Gasteiger partial charge is 0.126 e. The normalized spacial score (nSPS) is 24.4. The molecule has 0 N–H and O–H groups in total. The third-order valence-corrected chi connectivity index (χ3v) is 4.86. The molecule has 2 unspecified atom stereocenters. The highest BCUT2D eigenvalue weighted by atomic mass is 79.9. The Bertz CT molecular complexity index is 370. The number of alkyl halides is 1. The van der Waals surface area contributed by atoms with Crippen molar-refractivity contribution >= 4 is 15.9 Å². The van der Waals surface area contributed by atoms with Gasteiger partial charge in [0.15, 0.2) is 0 Å². The average Bonchev–Trinajstić information content (AvgIpc) is 2.62. The fraction of sp³-hybridized carbons (Fsp3) is 0.600. The molecule has 0 aromatic heterocycles. The third kappa shape index (κ3) is 2.82. The summed E-state index contributed by atoms with van der Waals surface area (Å²) in [6.07, 6.45) is 6.35. The van der Waals surface area contributed by atoms with Crippen molar-refractivity contribution in [3.8, 4) is 11.5 Å². The van der Waals surface area contributed by atoms with Gasteiger partial charge in [-0.05, 0) is 25.0 Å². The van der Waals surface area contributed by atoms with Gasteiger partial charge in [0.05, 0.1) is 14.2 Å². The second kappa shape index (κ2) is 6.46. The van der Waals surface area contributed by atoms with Gasteiger partial charge in [0.1, 0.15) is 11.5 Å². The van der Waals surface area contributed by atoms with Crippen molar-refractivity contribution in [1.29, 1.82) is 0 Å². The van der Waals surface area contributed by atoms with Crippen molar-refractivity contribution in [2.75, 3.05) is 14.2 Å². The Balaban J connectivity index is 2.40. The number of hydrogen-bond donors (Lipinski definition) is 0. The SMILES string of the molecule is COc1cccc(OC)c1C1CCCCCC1Br. The zero-order valence-corrected chi connectivity index (χ0v) is 12.7. The van der Waals surface area contributed by atoms with E-state index in [2.05, 4.69) is 15.9 Å². The van der Waals surface area contributed by atoms with E-state index >= 15 is 0 Å². The Kier molecular flexibility index (Phi) is 4.93. The van der Waals surface area contributed by atoms with Crippen LogP contribution in [0.25, 0.3) is 0 Å². The van der Waals surface area contributed by atoms with Crippen molar-refractivity contribution in [3.63, 3.8) is 0 Å². The summed E-state index contributed by atoms with van der Waals surface area (Å²) in [5.41, 5.74) is 1.23. The van der Waals surface area contributed by atoms with E-state index in [0.29, 0.717) is 10.7 Å². The predicted molar refractivity (Wildman–Crippen MR) is 78.1 cm³/mol. The monoisotopic (exact) mass is 312 g/mol. The van der Waals surface area contributed by atoms with Crippen LogP contribution in [-0.4, -0.2) is 19.0 Å². The number of hydrogen-bond acceptors (Lipinski definition) is 2. The highest BCUT2D eigenvalue weighted by molar-refractivity contribution is 9.09. The lowest BCUT2D eigenvalue weighted by Crippen LogP contribution is -2.13. The van der Waals surface area contributed by atoms with E-state index in [-0.39, 0.29) is 0 Å². The minimum Gasteiger partial charge on any atom is -0.496 e. The van der Waals surface area contributed by atoms with E-state index in [1.807, 2.05) is 18.2 Å². The zero-order chi connectivity index (χ0) is 13.0. The first-order valence-electron chi connectivity index (χ1n) is 6.63. The molecule has 0 radical (unpaired) electrons. The predicted octanol–water partition coefficient (Wildman–Crippen LogP) is 4.52. The van der Waals surface area contributed by atoms with Gasteiger partial charge in [0, 0.05) is 16.3 Å². The highest BCUT2D eigenvalue weighted by Gasteiger charge is 2.28. The van der Waals surface area contributed by atoms with Crippen LogP contribution in [0.2, 0.25) is 0 Å². The number of benzene rings is 1. The molecule has 2 rings (SSSR count). The van der Waals surface area contributed by atoms with E-state index < -0.39 is 0 Å². The molecule has 18 heavy (non-hydrogen) atoms. The molecule has 0 spiro atoms. The maximum absolute atomic E-state index is 5.53. The molecule has 2 atom stereocenters. The molecule has 1 aromatic rings. The van der Waals surface area contributed by atoms with Gasteiger partial charge in [-0.2, -0.15) is 0 Å². The second-order valence-electron chi connectivity index (χ2n) is 4.84. The first-order valence-corrected chi connectivity index (χ1v) is 7.54. The zero-order valence-electron chi connectivity index (χ0n) is 11.1. The Morgan fingerprint density at radius 3 is 2.22 bits per heavy atom. The lowest BCUT2D eigenvalue weighted by molar-refractivity contribution is 0.375. The summed E-state index contributed by atoms with van der Waals surface area (Å²) >= 11 is 3.86. The van der Waals surface area contributed by atoms with Gasteiger partial charge < -0.3 is 9.47 Å². The molecule has 1 saturated carbocycles. The minimum absolute atomic E-state index is 0.485. The Morgan fingerprint density at radius 2 is 1.61 bits per heavy atom. The summed E-state index contributed by atoms with van der Waals surface area (Å²) in [6, 6.07) is 6.05. The standard InChI is InChI=1S/C15H21BrO2/c1-17-13-9-6-10-14(18-2)15(13)11-7-4-3-5-8-12(11)16/h6,9-12H,3-5,7-8H2,1-2H3. The van der Waals surface area contributed by atoms with Crippen LogP contribution in [0.1, 0.15) is 43.6 Å². The van der Waals surface area contributed by atoms with Crippen LogP contribution in [0.4, 0.5) is 0 Å². The van der Waals surface area contributed by atoms with Crippen LogP contribution in [-0.2, 0) is 0 Å². The molecular weight excluding hydrogens is 292 g/mol. The lowest BCUT2D eigenvalue weighted by atomic mass is 9.90. The van der Waals surface area contributed by atoms with Crippen molar-refractivity contribution in [2.45, 2.75) is 42.8 Å². The maximum atomic E-state index is 5.53. The quantitative estimate of drug-likeness (QED) is 0.603. The van der Waals surface area contributed by atoms with Crippen LogP contribution in [0.15, 0.2) is 18.2 Å². The average molecular weight is 313 g/mol. The molecule has 0 amide bonds. The van der Waals surface area contributed by atoms with Crippen molar-refractivity contribution in [3.05, 3.63) is 23.8 Å². The van der Waals surface area contributed by atoms with Crippen LogP contribution in [0.3, 0.4) is 0 Å². The van der Waals surface area contributed by atoms with Gasteiger partial charge in [-0.15, -0.1) is 0 Å². The van der Waals surface area contributed by atoms with Gasteiger partial charge in [-0.1, -0.05) is 41.3 Å². The maximum Gasteiger partial charge on any atom is 0.126 e. The Labute approximate surface area is 118 Å². The number of methoxy groups -OCH3 is 2. The summed E-state index contributed by atoms with van der Waals surface area (Å²) in [5, 5.41) is 0. The molecule has 0 heterocycles. The molecule has 1 aromatic carbocycles. The fourth-order valence-corrected chi connectivity index (χ4v) is 3.69. The third-order valence-electron chi connectivity index (χ3n) is 3.77. The summed E-state index contributed by atoms with van der Waals surface area (Å²) < 4.78 is 11.1. The second-order valence-corrected chi connectivity index (χ2v) is 6.01.